The van der Waals surface area contributed by atoms with Crippen LogP contribution >= 0.6 is 11.6 Å². The van der Waals surface area contributed by atoms with Gasteiger partial charge in [0.1, 0.15) is 0 Å². The van der Waals surface area contributed by atoms with Gasteiger partial charge in [-0.25, -0.2) is 9.97 Å². The minimum absolute atomic E-state index is 0.112. The number of nitrogens with one attached hydrogen (secondary N) is 2. The number of hydrogen-bond acceptors (Lipinski definition) is 6. The van der Waals surface area contributed by atoms with Crippen LogP contribution in [0.1, 0.15) is 29.7 Å². The van der Waals surface area contributed by atoms with Crippen molar-refractivity contribution in [3.05, 3.63) is 58.5 Å². The molecule has 0 saturated carbocycles. The number of pyridine rings is 1. The molecule has 1 amide bonds. The maximum absolute atomic E-state index is 12.3. The zero-order valence-electron chi connectivity index (χ0n) is 18.6. The van der Waals surface area contributed by atoms with Gasteiger partial charge in [0.25, 0.3) is 0 Å². The molecule has 1 aliphatic heterocycles. The van der Waals surface area contributed by atoms with Crippen molar-refractivity contribution in [1.82, 2.24) is 19.9 Å². The first kappa shape index (κ1) is 22.2. The summed E-state index contributed by atoms with van der Waals surface area (Å²) in [5.41, 5.74) is 5.92. The molecule has 0 saturated heterocycles. The number of anilines is 3. The van der Waals surface area contributed by atoms with E-state index in [2.05, 4.69) is 45.7 Å². The second-order valence-electron chi connectivity index (χ2n) is 8.34. The van der Waals surface area contributed by atoms with Gasteiger partial charge >= 0.3 is 0 Å². The largest absolute Gasteiger partial charge is 0.325 e. The average molecular weight is 451 g/mol. The lowest BCUT2D eigenvalue weighted by atomic mass is 10.1. The summed E-state index contributed by atoms with van der Waals surface area (Å²) in [6, 6.07) is 7.53. The highest BCUT2D eigenvalue weighted by Crippen LogP contribution is 2.35. The summed E-state index contributed by atoms with van der Waals surface area (Å²) in [5.74, 6) is 0.354. The van der Waals surface area contributed by atoms with Gasteiger partial charge in [0.15, 0.2) is 0 Å². The molecule has 0 atom stereocenters. The third-order valence-electron chi connectivity index (χ3n) is 5.44. The molecule has 0 unspecified atom stereocenters. The Bertz CT molecular complexity index is 1150. The number of unbranched alkanes of at least 4 members (excludes halogenated alkanes) is 1. The average Bonchev–Trinajstić information content (AvgIpc) is 2.87. The summed E-state index contributed by atoms with van der Waals surface area (Å²) >= 11 is 6.13. The second-order valence-corrected chi connectivity index (χ2v) is 8.78. The number of aromatic nitrogens is 3. The Hall–Kier alpha value is -3.03. The Balaban J connectivity index is 1.58. The van der Waals surface area contributed by atoms with Gasteiger partial charge in [-0.15, -0.1) is 0 Å². The van der Waals surface area contributed by atoms with Crippen molar-refractivity contribution in [3.8, 4) is 11.3 Å². The second kappa shape index (κ2) is 9.63. The first-order chi connectivity index (χ1) is 15.4. The van der Waals surface area contributed by atoms with Crippen LogP contribution in [0.5, 0.6) is 0 Å². The molecule has 1 aromatic carbocycles. The van der Waals surface area contributed by atoms with Crippen molar-refractivity contribution < 1.29 is 4.79 Å². The molecule has 8 heteroatoms. The van der Waals surface area contributed by atoms with Crippen molar-refractivity contribution in [2.75, 3.05) is 31.3 Å². The maximum atomic E-state index is 12.3. The van der Waals surface area contributed by atoms with Crippen LogP contribution < -0.4 is 10.6 Å². The third kappa shape index (κ3) is 5.23. The van der Waals surface area contributed by atoms with Crippen molar-refractivity contribution in [2.45, 2.75) is 32.6 Å². The van der Waals surface area contributed by atoms with Crippen LogP contribution in [0.2, 0.25) is 5.02 Å². The number of carbonyl (C=O) groups is 1. The van der Waals surface area contributed by atoms with E-state index in [1.54, 1.807) is 18.3 Å². The molecule has 2 N–H and O–H groups in total. The Labute approximate surface area is 193 Å². The SMILES string of the molecule is Cc1ncc(CCCCN(C)C)cc1Nc1ncc2c(n1)-c1ccc(Cl)cc1NC(=O)C2. The predicted octanol–water partition coefficient (Wildman–Crippen LogP) is 4.62. The van der Waals surface area contributed by atoms with Crippen LogP contribution in [0.25, 0.3) is 11.3 Å². The number of fused-ring (bicyclic) bond motifs is 3. The van der Waals surface area contributed by atoms with Gasteiger partial charge in [-0.05, 0) is 76.7 Å². The molecular weight excluding hydrogens is 424 g/mol. The fourth-order valence-electron chi connectivity index (χ4n) is 3.74. The molecule has 0 aliphatic carbocycles. The van der Waals surface area contributed by atoms with Gasteiger partial charge in [-0.2, -0.15) is 0 Å². The minimum atomic E-state index is -0.112. The highest BCUT2D eigenvalue weighted by atomic mass is 35.5. The Morgan fingerprint density at radius 3 is 2.81 bits per heavy atom. The number of rotatable bonds is 7. The summed E-state index contributed by atoms with van der Waals surface area (Å²) < 4.78 is 0. The maximum Gasteiger partial charge on any atom is 0.228 e. The van der Waals surface area contributed by atoms with E-state index in [0.717, 1.165) is 54.0 Å². The summed E-state index contributed by atoms with van der Waals surface area (Å²) in [5, 5.41) is 6.78. The molecule has 0 fully saturated rings. The molecular formula is C24H27ClN6O. The molecule has 3 aromatic rings. The van der Waals surface area contributed by atoms with Crippen molar-refractivity contribution in [3.63, 3.8) is 0 Å². The third-order valence-corrected chi connectivity index (χ3v) is 5.67. The highest BCUT2D eigenvalue weighted by molar-refractivity contribution is 6.31. The molecule has 0 bridgehead atoms. The predicted molar refractivity (Wildman–Crippen MR) is 129 cm³/mol. The van der Waals surface area contributed by atoms with Gasteiger partial charge in [0, 0.05) is 28.5 Å². The van der Waals surface area contributed by atoms with Crippen LogP contribution in [-0.4, -0.2) is 46.4 Å². The van der Waals surface area contributed by atoms with E-state index in [4.69, 9.17) is 16.6 Å². The lowest BCUT2D eigenvalue weighted by Crippen LogP contribution is -2.13. The van der Waals surface area contributed by atoms with Gasteiger partial charge in [0.05, 0.1) is 29.2 Å². The first-order valence-electron chi connectivity index (χ1n) is 10.7. The van der Waals surface area contributed by atoms with Gasteiger partial charge < -0.3 is 15.5 Å². The van der Waals surface area contributed by atoms with Crippen LogP contribution in [0, 0.1) is 6.92 Å². The van der Waals surface area contributed by atoms with E-state index in [1.165, 1.54) is 5.56 Å². The molecule has 7 nitrogen and oxygen atoms in total. The van der Waals surface area contributed by atoms with E-state index < -0.39 is 0 Å². The van der Waals surface area contributed by atoms with Crippen molar-refractivity contribution in [1.29, 1.82) is 0 Å². The summed E-state index contributed by atoms with van der Waals surface area (Å²) in [6.45, 7) is 3.04. The van der Waals surface area contributed by atoms with Crippen LogP contribution in [0.4, 0.5) is 17.3 Å². The molecule has 2 aromatic heterocycles. The normalized spacial score (nSPS) is 12.7. The molecule has 32 heavy (non-hydrogen) atoms. The van der Waals surface area contributed by atoms with Crippen molar-refractivity contribution in [2.24, 2.45) is 0 Å². The van der Waals surface area contributed by atoms with E-state index in [9.17, 15) is 4.79 Å². The fourth-order valence-corrected chi connectivity index (χ4v) is 3.91. The number of benzene rings is 1. The van der Waals surface area contributed by atoms with E-state index in [1.807, 2.05) is 19.2 Å². The zero-order valence-corrected chi connectivity index (χ0v) is 19.3. The zero-order chi connectivity index (χ0) is 22.7. The molecule has 1 aliphatic rings. The van der Waals surface area contributed by atoms with Crippen LogP contribution in [0.15, 0.2) is 36.7 Å². The lowest BCUT2D eigenvalue weighted by Gasteiger charge is -2.13. The molecule has 4 rings (SSSR count). The summed E-state index contributed by atoms with van der Waals surface area (Å²) in [7, 11) is 4.18. The van der Waals surface area contributed by atoms with Gasteiger partial charge in [0.2, 0.25) is 11.9 Å². The van der Waals surface area contributed by atoms with Crippen LogP contribution in [-0.2, 0) is 17.6 Å². The monoisotopic (exact) mass is 450 g/mol. The summed E-state index contributed by atoms with van der Waals surface area (Å²) in [6.07, 6.45) is 7.09. The smallest absolute Gasteiger partial charge is 0.228 e. The number of nitrogens with zero attached hydrogens (tertiary/aromatic N) is 4. The Morgan fingerprint density at radius 2 is 2.00 bits per heavy atom. The first-order valence-corrected chi connectivity index (χ1v) is 11.1. The topological polar surface area (TPSA) is 83.0 Å². The van der Waals surface area contributed by atoms with Crippen molar-refractivity contribution >= 4 is 34.8 Å². The van der Waals surface area contributed by atoms with E-state index >= 15 is 0 Å². The van der Waals surface area contributed by atoms with Gasteiger partial charge in [-0.1, -0.05) is 11.6 Å². The highest BCUT2D eigenvalue weighted by Gasteiger charge is 2.21. The van der Waals surface area contributed by atoms with E-state index in [-0.39, 0.29) is 12.3 Å². The van der Waals surface area contributed by atoms with Gasteiger partial charge in [-0.3, -0.25) is 9.78 Å². The number of carbonyl (C=O) groups excluding carboxylic acids is 1. The quantitative estimate of drug-likeness (QED) is 0.511. The molecule has 0 radical (unpaired) electrons. The standard InChI is InChI=1S/C24H27ClN6O/c1-15-20(10-16(13-26-15)6-4-5-9-31(2)3)29-24-27-14-17-11-22(32)28-21-12-18(25)7-8-19(21)23(17)30-24/h7-8,10,12-14H,4-6,9,11H2,1-3H3,(H,28,32)(H,27,29,30). The Morgan fingerprint density at radius 1 is 1.16 bits per heavy atom. The summed E-state index contributed by atoms with van der Waals surface area (Å²) in [4.78, 5) is 28.2. The van der Waals surface area contributed by atoms with Crippen LogP contribution in [0.3, 0.4) is 0 Å². The number of halogens is 1. The minimum Gasteiger partial charge on any atom is -0.325 e. The Kier molecular flexibility index (Phi) is 6.67. The lowest BCUT2D eigenvalue weighted by molar-refractivity contribution is -0.115. The molecule has 0 spiro atoms. The molecule has 3 heterocycles. The van der Waals surface area contributed by atoms with E-state index in [0.29, 0.717) is 16.7 Å². The number of hydrogen-bond donors (Lipinski definition) is 2. The fraction of sp³-hybridized carbons (Fsp3) is 0.333. The number of aryl methyl sites for hydroxylation is 2. The number of amides is 1. The molecule has 166 valence electrons.